The van der Waals surface area contributed by atoms with Crippen LogP contribution in [0.3, 0.4) is 0 Å². The highest BCUT2D eigenvalue weighted by Gasteiger charge is 2.35. The van der Waals surface area contributed by atoms with E-state index in [0.29, 0.717) is 5.69 Å². The highest BCUT2D eigenvalue weighted by molar-refractivity contribution is 7.89. The quantitative estimate of drug-likeness (QED) is 0.405. The molecule has 0 bridgehead atoms. The van der Waals surface area contributed by atoms with Crippen LogP contribution >= 0.6 is 12.2 Å². The first-order chi connectivity index (χ1) is 13.9. The summed E-state index contributed by atoms with van der Waals surface area (Å²) in [6.45, 7) is 0. The third kappa shape index (κ3) is 4.27. The molecule has 0 atom stereocenters. The van der Waals surface area contributed by atoms with Crippen LogP contribution in [0.1, 0.15) is 5.56 Å². The lowest BCUT2D eigenvalue weighted by Gasteiger charge is -2.09. The van der Waals surface area contributed by atoms with Gasteiger partial charge in [-0.15, -0.1) is 10.2 Å². The van der Waals surface area contributed by atoms with Crippen molar-refractivity contribution in [1.82, 2.24) is 4.57 Å². The fourth-order valence-electron chi connectivity index (χ4n) is 2.78. The topological polar surface area (TPSA) is 122 Å². The second-order valence-electron chi connectivity index (χ2n) is 6.13. The lowest BCUT2D eigenvalue weighted by molar-refractivity contribution is -0.136. The number of nitrogens with two attached hydrogens (primary N) is 1. The molecule has 1 heterocycles. The fourth-order valence-corrected chi connectivity index (χ4v) is 3.45. The van der Waals surface area contributed by atoms with E-state index < -0.39 is 27.6 Å². The predicted molar refractivity (Wildman–Crippen MR) is 108 cm³/mol. The van der Waals surface area contributed by atoms with E-state index in [4.69, 9.17) is 17.4 Å². The van der Waals surface area contributed by atoms with E-state index in [2.05, 4.69) is 15.5 Å². The summed E-state index contributed by atoms with van der Waals surface area (Å²) in [5.41, 5.74) is -0.955. The molecule has 0 radical (unpaired) electrons. The minimum Gasteiger partial charge on any atom is -0.493 e. The van der Waals surface area contributed by atoms with Gasteiger partial charge < -0.3 is 15.0 Å². The van der Waals surface area contributed by atoms with Gasteiger partial charge in [-0.1, -0.05) is 12.1 Å². The maximum Gasteiger partial charge on any atom is 0.418 e. The molecule has 0 saturated heterocycles. The summed E-state index contributed by atoms with van der Waals surface area (Å²) in [7, 11) is -2.57. The third-order valence-corrected chi connectivity index (χ3v) is 5.25. The molecule has 3 aromatic rings. The molecule has 0 amide bonds. The van der Waals surface area contributed by atoms with Gasteiger partial charge >= 0.3 is 6.18 Å². The molecule has 13 heteroatoms. The van der Waals surface area contributed by atoms with E-state index >= 15 is 0 Å². The smallest absolute Gasteiger partial charge is 0.418 e. The number of primary sulfonamides is 1. The minimum absolute atomic E-state index is 0.0499. The van der Waals surface area contributed by atoms with Crippen LogP contribution in [0.2, 0.25) is 0 Å². The van der Waals surface area contributed by atoms with Crippen LogP contribution in [0.15, 0.2) is 57.6 Å². The summed E-state index contributed by atoms with van der Waals surface area (Å²) in [5.74, 6) is -0.509. The number of alkyl halides is 3. The predicted octanol–water partition coefficient (Wildman–Crippen LogP) is 4.03. The Morgan fingerprint density at radius 3 is 2.40 bits per heavy atom. The monoisotopic (exact) mass is 457 g/mol. The molecule has 0 saturated carbocycles. The molecule has 0 fully saturated rings. The number of hydrogen-bond acceptors (Lipinski definition) is 5. The summed E-state index contributed by atoms with van der Waals surface area (Å²) in [5, 5.41) is 25.3. The third-order valence-electron chi connectivity index (χ3n) is 4.14. The number of anilines is 1. The fraction of sp³-hybridized carbons (Fsp3) is 0.118. The molecule has 2 aromatic carbocycles. The number of halogens is 3. The van der Waals surface area contributed by atoms with Gasteiger partial charge in [0.15, 0.2) is 5.69 Å². The van der Waals surface area contributed by atoms with Crippen molar-refractivity contribution in [3.05, 3.63) is 48.0 Å². The van der Waals surface area contributed by atoms with Crippen LogP contribution in [0.5, 0.6) is 5.88 Å². The van der Waals surface area contributed by atoms with E-state index in [1.54, 1.807) is 0 Å². The SMILES string of the molecule is Cn1c(O)c(N=NC(=S)Nc2ccc(S(N)(=O)=O)cc2)c2cccc(C(F)(F)F)c21. The van der Waals surface area contributed by atoms with Crippen molar-refractivity contribution in [3.63, 3.8) is 0 Å². The summed E-state index contributed by atoms with van der Waals surface area (Å²) in [4.78, 5) is -0.0956. The van der Waals surface area contributed by atoms with E-state index in [1.807, 2.05) is 0 Å². The van der Waals surface area contributed by atoms with Crippen LogP contribution in [0.25, 0.3) is 10.9 Å². The number of nitrogens with one attached hydrogen (secondary N) is 1. The molecule has 3 rings (SSSR count). The number of sulfonamides is 1. The maximum atomic E-state index is 13.3. The van der Waals surface area contributed by atoms with Crippen molar-refractivity contribution in [1.29, 1.82) is 0 Å². The van der Waals surface area contributed by atoms with Crippen LogP contribution < -0.4 is 10.5 Å². The lowest BCUT2D eigenvalue weighted by Crippen LogP contribution is -2.12. The highest BCUT2D eigenvalue weighted by atomic mass is 32.2. The summed E-state index contributed by atoms with van der Waals surface area (Å²) in [6, 6.07) is 8.78. The Morgan fingerprint density at radius 1 is 1.20 bits per heavy atom. The number of thiocarbonyl (C=S) groups is 1. The molecule has 0 aliphatic heterocycles. The average Bonchev–Trinajstić information content (AvgIpc) is 2.89. The number of benzene rings is 2. The first-order valence-electron chi connectivity index (χ1n) is 8.12. The standard InChI is InChI=1S/C17H14F3N5O3S2/c1-25-14-11(3-2-4-12(14)17(18,19)20)13(15(25)26)23-24-16(29)22-9-5-7-10(8-6-9)30(21,27)28/h2-8,26H,1H3,(H,22,29)(H2,21,27,28). The van der Waals surface area contributed by atoms with Crippen molar-refractivity contribution in [2.75, 3.05) is 5.32 Å². The minimum atomic E-state index is -4.62. The van der Waals surface area contributed by atoms with E-state index in [0.717, 1.165) is 10.6 Å². The van der Waals surface area contributed by atoms with Crippen molar-refractivity contribution in [2.45, 2.75) is 11.1 Å². The van der Waals surface area contributed by atoms with Gasteiger partial charge in [0.05, 0.1) is 16.0 Å². The maximum absolute atomic E-state index is 13.3. The number of aryl methyl sites for hydroxylation is 1. The molecule has 0 spiro atoms. The molecule has 8 nitrogen and oxygen atoms in total. The summed E-state index contributed by atoms with van der Waals surface area (Å²) < 4.78 is 63.3. The zero-order chi connectivity index (χ0) is 22.3. The molecule has 4 N–H and O–H groups in total. The van der Waals surface area contributed by atoms with Gasteiger partial charge in [-0.2, -0.15) is 13.2 Å². The second-order valence-corrected chi connectivity index (χ2v) is 8.08. The van der Waals surface area contributed by atoms with Crippen LogP contribution in [0.4, 0.5) is 24.5 Å². The van der Waals surface area contributed by atoms with Gasteiger partial charge in [0, 0.05) is 18.1 Å². The van der Waals surface area contributed by atoms with E-state index in [1.165, 1.54) is 43.4 Å². The van der Waals surface area contributed by atoms with Crippen molar-refractivity contribution >= 4 is 49.6 Å². The van der Waals surface area contributed by atoms with Gasteiger partial charge in [-0.05, 0) is 42.5 Å². The summed E-state index contributed by atoms with van der Waals surface area (Å²) in [6.07, 6.45) is -4.62. The largest absolute Gasteiger partial charge is 0.493 e. The molecule has 0 aliphatic rings. The second kappa shape index (κ2) is 7.66. The zero-order valence-corrected chi connectivity index (χ0v) is 16.8. The average molecular weight is 457 g/mol. The molecular formula is C17H14F3N5O3S2. The Kier molecular flexibility index (Phi) is 5.54. The molecule has 1 aromatic heterocycles. The van der Waals surface area contributed by atoms with Gasteiger partial charge in [-0.25, -0.2) is 13.6 Å². The molecular weight excluding hydrogens is 443 g/mol. The Labute approximate surface area is 173 Å². The Hall–Kier alpha value is -3.03. The van der Waals surface area contributed by atoms with Crippen molar-refractivity contribution in [2.24, 2.45) is 22.4 Å². The Bertz CT molecular complexity index is 1270. The summed E-state index contributed by atoms with van der Waals surface area (Å²) >= 11 is 5.02. The van der Waals surface area contributed by atoms with Gasteiger partial charge in [0.1, 0.15) is 0 Å². The highest BCUT2D eigenvalue weighted by Crippen LogP contribution is 2.43. The normalized spacial score (nSPS) is 12.6. The number of hydrogen-bond donors (Lipinski definition) is 3. The first kappa shape index (κ1) is 21.7. The first-order valence-corrected chi connectivity index (χ1v) is 10.1. The number of para-hydroxylation sites is 1. The molecule has 158 valence electrons. The van der Waals surface area contributed by atoms with E-state index in [-0.39, 0.29) is 26.6 Å². The number of aromatic nitrogens is 1. The lowest BCUT2D eigenvalue weighted by atomic mass is 10.1. The van der Waals surface area contributed by atoms with E-state index in [9.17, 15) is 26.7 Å². The van der Waals surface area contributed by atoms with Crippen molar-refractivity contribution < 1.29 is 26.7 Å². The van der Waals surface area contributed by atoms with Crippen LogP contribution in [-0.4, -0.2) is 23.2 Å². The van der Waals surface area contributed by atoms with Crippen molar-refractivity contribution in [3.8, 4) is 5.88 Å². The van der Waals surface area contributed by atoms with Crippen LogP contribution in [0, 0.1) is 0 Å². The van der Waals surface area contributed by atoms with Gasteiger partial charge in [0.25, 0.3) is 0 Å². The Balaban J connectivity index is 1.89. The number of azo groups is 1. The molecule has 0 aliphatic carbocycles. The van der Waals surface area contributed by atoms with Crippen LogP contribution in [-0.2, 0) is 23.2 Å². The van der Waals surface area contributed by atoms with Gasteiger partial charge in [0.2, 0.25) is 21.0 Å². The van der Waals surface area contributed by atoms with Gasteiger partial charge in [-0.3, -0.25) is 0 Å². The number of aromatic hydroxyl groups is 1. The Morgan fingerprint density at radius 2 is 1.83 bits per heavy atom. The zero-order valence-electron chi connectivity index (χ0n) is 15.2. The molecule has 0 unspecified atom stereocenters. The molecule has 30 heavy (non-hydrogen) atoms. The number of rotatable bonds is 3. The number of nitrogens with zero attached hydrogens (tertiary/aromatic N) is 3. The number of fused-ring (bicyclic) bond motifs is 1.